The maximum atomic E-state index is 11.9. The van der Waals surface area contributed by atoms with Gasteiger partial charge in [-0.3, -0.25) is 4.79 Å². The summed E-state index contributed by atoms with van der Waals surface area (Å²) < 4.78 is 0. The molecule has 0 aromatic carbocycles. The molecule has 1 amide bonds. The second-order valence-electron chi connectivity index (χ2n) is 3.96. The molecule has 0 spiro atoms. The molecule has 0 aliphatic rings. The number of carbonyl (C=O) groups is 1. The van der Waals surface area contributed by atoms with Crippen LogP contribution in [-0.2, 0) is 4.79 Å². The molecule has 0 saturated heterocycles. The fourth-order valence-electron chi connectivity index (χ4n) is 1.27. The van der Waals surface area contributed by atoms with Crippen molar-refractivity contribution in [3.63, 3.8) is 0 Å². The van der Waals surface area contributed by atoms with E-state index in [4.69, 9.17) is 11.6 Å². The summed E-state index contributed by atoms with van der Waals surface area (Å²) in [5.41, 5.74) is -0.626. The lowest BCUT2D eigenvalue weighted by atomic mass is 10.0. The number of rotatable bonds is 4. The number of hydrogen-bond acceptors (Lipinski definition) is 3. The zero-order valence-corrected chi connectivity index (χ0v) is 10.4. The lowest BCUT2D eigenvalue weighted by Crippen LogP contribution is -2.49. The SMILES string of the molecule is CCNC(C)(C)C(=O)Nc1cccc(Cl)n1. The summed E-state index contributed by atoms with van der Waals surface area (Å²) in [6.07, 6.45) is 0. The summed E-state index contributed by atoms with van der Waals surface area (Å²) in [5, 5.41) is 6.15. The Labute approximate surface area is 100 Å². The van der Waals surface area contributed by atoms with E-state index in [1.165, 1.54) is 0 Å². The van der Waals surface area contributed by atoms with Crippen LogP contribution in [-0.4, -0.2) is 23.0 Å². The van der Waals surface area contributed by atoms with E-state index in [0.29, 0.717) is 11.0 Å². The number of nitrogens with one attached hydrogen (secondary N) is 2. The lowest BCUT2D eigenvalue weighted by Gasteiger charge is -2.24. The Bertz CT molecular complexity index is 379. The molecule has 0 unspecified atom stereocenters. The van der Waals surface area contributed by atoms with Crippen LogP contribution < -0.4 is 10.6 Å². The van der Waals surface area contributed by atoms with Gasteiger partial charge in [-0.05, 0) is 32.5 Å². The number of pyridine rings is 1. The molecule has 0 radical (unpaired) electrons. The van der Waals surface area contributed by atoms with Gasteiger partial charge in [0.2, 0.25) is 5.91 Å². The minimum Gasteiger partial charge on any atom is -0.309 e. The van der Waals surface area contributed by atoms with Crippen molar-refractivity contribution in [3.8, 4) is 0 Å². The summed E-state index contributed by atoms with van der Waals surface area (Å²) >= 11 is 5.73. The molecule has 1 aromatic heterocycles. The smallest absolute Gasteiger partial charge is 0.245 e. The van der Waals surface area contributed by atoms with Crippen molar-refractivity contribution in [1.82, 2.24) is 10.3 Å². The summed E-state index contributed by atoms with van der Waals surface area (Å²) in [7, 11) is 0. The van der Waals surface area contributed by atoms with Gasteiger partial charge in [0.05, 0.1) is 5.54 Å². The van der Waals surface area contributed by atoms with E-state index in [0.717, 1.165) is 6.54 Å². The van der Waals surface area contributed by atoms with Gasteiger partial charge in [0.25, 0.3) is 0 Å². The molecule has 1 aromatic rings. The third-order valence-corrected chi connectivity index (χ3v) is 2.35. The molecule has 5 heteroatoms. The van der Waals surface area contributed by atoms with E-state index in [1.807, 2.05) is 20.8 Å². The van der Waals surface area contributed by atoms with E-state index < -0.39 is 5.54 Å². The molecule has 1 rings (SSSR count). The predicted molar refractivity (Wildman–Crippen MR) is 65.6 cm³/mol. The van der Waals surface area contributed by atoms with Crippen LogP contribution in [0.15, 0.2) is 18.2 Å². The first-order chi connectivity index (χ1) is 7.45. The van der Waals surface area contributed by atoms with Crippen molar-refractivity contribution in [2.75, 3.05) is 11.9 Å². The van der Waals surface area contributed by atoms with Crippen molar-refractivity contribution in [1.29, 1.82) is 0 Å². The molecule has 0 atom stereocenters. The predicted octanol–water partition coefficient (Wildman–Crippen LogP) is 2.06. The molecule has 0 saturated carbocycles. The number of carbonyl (C=O) groups excluding carboxylic acids is 1. The Balaban J connectivity index is 2.71. The molecular weight excluding hydrogens is 226 g/mol. The Morgan fingerprint density at radius 2 is 2.19 bits per heavy atom. The van der Waals surface area contributed by atoms with Gasteiger partial charge in [-0.1, -0.05) is 24.6 Å². The van der Waals surface area contributed by atoms with Gasteiger partial charge >= 0.3 is 0 Å². The minimum atomic E-state index is -0.626. The van der Waals surface area contributed by atoms with Gasteiger partial charge in [0.1, 0.15) is 11.0 Å². The zero-order chi connectivity index (χ0) is 12.2. The van der Waals surface area contributed by atoms with E-state index in [9.17, 15) is 4.79 Å². The number of anilines is 1. The van der Waals surface area contributed by atoms with Gasteiger partial charge in [0, 0.05) is 0 Å². The molecule has 4 nitrogen and oxygen atoms in total. The monoisotopic (exact) mass is 241 g/mol. The second kappa shape index (κ2) is 5.27. The van der Waals surface area contributed by atoms with Crippen LogP contribution in [0.4, 0.5) is 5.82 Å². The van der Waals surface area contributed by atoms with Crippen LogP contribution in [0.1, 0.15) is 20.8 Å². The topological polar surface area (TPSA) is 54.0 Å². The van der Waals surface area contributed by atoms with Crippen molar-refractivity contribution in [3.05, 3.63) is 23.4 Å². The number of nitrogens with zero attached hydrogens (tertiary/aromatic N) is 1. The molecule has 2 N–H and O–H groups in total. The average molecular weight is 242 g/mol. The average Bonchev–Trinajstić information content (AvgIpc) is 2.17. The lowest BCUT2D eigenvalue weighted by molar-refractivity contribution is -0.121. The van der Waals surface area contributed by atoms with Gasteiger partial charge in [-0.2, -0.15) is 0 Å². The van der Waals surface area contributed by atoms with Crippen molar-refractivity contribution < 1.29 is 4.79 Å². The van der Waals surface area contributed by atoms with Crippen LogP contribution in [0.2, 0.25) is 5.15 Å². The maximum Gasteiger partial charge on any atom is 0.245 e. The first-order valence-corrected chi connectivity index (χ1v) is 5.52. The Morgan fingerprint density at radius 3 is 2.75 bits per heavy atom. The van der Waals surface area contributed by atoms with E-state index >= 15 is 0 Å². The van der Waals surface area contributed by atoms with Crippen LogP contribution in [0.5, 0.6) is 0 Å². The standard InChI is InChI=1S/C11H16ClN3O/c1-4-13-11(2,3)10(16)15-9-7-5-6-8(12)14-9/h5-7,13H,4H2,1-3H3,(H,14,15,16). The van der Waals surface area contributed by atoms with Crippen LogP contribution in [0.25, 0.3) is 0 Å². The second-order valence-corrected chi connectivity index (χ2v) is 4.34. The molecule has 88 valence electrons. The highest BCUT2D eigenvalue weighted by Gasteiger charge is 2.26. The third kappa shape index (κ3) is 3.47. The highest BCUT2D eigenvalue weighted by Crippen LogP contribution is 2.11. The molecule has 1 heterocycles. The quantitative estimate of drug-likeness (QED) is 0.794. The van der Waals surface area contributed by atoms with E-state index in [-0.39, 0.29) is 5.91 Å². The van der Waals surface area contributed by atoms with Crippen molar-refractivity contribution in [2.45, 2.75) is 26.3 Å². The van der Waals surface area contributed by atoms with Gasteiger partial charge in [-0.15, -0.1) is 0 Å². The third-order valence-electron chi connectivity index (χ3n) is 2.14. The normalized spacial score (nSPS) is 11.2. The van der Waals surface area contributed by atoms with Crippen LogP contribution in [0, 0.1) is 0 Å². The number of halogens is 1. The molecule has 0 aliphatic heterocycles. The van der Waals surface area contributed by atoms with Gasteiger partial charge < -0.3 is 10.6 Å². The van der Waals surface area contributed by atoms with Crippen molar-refractivity contribution in [2.24, 2.45) is 0 Å². The fraction of sp³-hybridized carbons (Fsp3) is 0.455. The largest absolute Gasteiger partial charge is 0.309 e. The maximum absolute atomic E-state index is 11.9. The summed E-state index contributed by atoms with van der Waals surface area (Å²) in [5.74, 6) is 0.326. The number of amides is 1. The van der Waals surface area contributed by atoms with Gasteiger partial charge in [0.15, 0.2) is 0 Å². The van der Waals surface area contributed by atoms with Crippen LogP contribution in [0.3, 0.4) is 0 Å². The van der Waals surface area contributed by atoms with Crippen LogP contribution >= 0.6 is 11.6 Å². The highest BCUT2D eigenvalue weighted by atomic mass is 35.5. The first kappa shape index (κ1) is 12.9. The Hall–Kier alpha value is -1.13. The number of hydrogen-bond donors (Lipinski definition) is 2. The minimum absolute atomic E-state index is 0.135. The summed E-state index contributed by atoms with van der Waals surface area (Å²) in [6.45, 7) is 6.31. The zero-order valence-electron chi connectivity index (χ0n) is 9.67. The highest BCUT2D eigenvalue weighted by molar-refractivity contribution is 6.29. The Morgan fingerprint density at radius 1 is 1.50 bits per heavy atom. The Kier molecular flexibility index (Phi) is 4.26. The van der Waals surface area contributed by atoms with Gasteiger partial charge in [-0.25, -0.2) is 4.98 Å². The van der Waals surface area contributed by atoms with E-state index in [1.54, 1.807) is 18.2 Å². The number of aromatic nitrogens is 1. The molecule has 0 fully saturated rings. The molecular formula is C11H16ClN3O. The molecule has 0 bridgehead atoms. The summed E-state index contributed by atoms with van der Waals surface area (Å²) in [6, 6.07) is 5.10. The fourth-order valence-corrected chi connectivity index (χ4v) is 1.44. The molecule has 16 heavy (non-hydrogen) atoms. The van der Waals surface area contributed by atoms with E-state index in [2.05, 4.69) is 15.6 Å². The van der Waals surface area contributed by atoms with Crippen molar-refractivity contribution >= 4 is 23.3 Å². The first-order valence-electron chi connectivity index (χ1n) is 5.14. The summed E-state index contributed by atoms with van der Waals surface area (Å²) in [4.78, 5) is 15.9. The molecule has 0 aliphatic carbocycles. The number of likely N-dealkylation sites (N-methyl/N-ethyl adjacent to an activating group) is 1.